The Labute approximate surface area is 188 Å². The Morgan fingerprint density at radius 1 is 1.18 bits per heavy atom. The lowest BCUT2D eigenvalue weighted by atomic mass is 9.98. The molecule has 2 aliphatic rings. The molecule has 0 spiro atoms. The number of nitrogens with zero attached hydrogens (tertiary/aromatic N) is 1. The van der Waals surface area contributed by atoms with Crippen molar-refractivity contribution < 1.29 is 32.6 Å². The molecule has 174 valence electrons. The third kappa shape index (κ3) is 4.88. The topological polar surface area (TPSA) is 78.9 Å². The third-order valence-electron chi connectivity index (χ3n) is 5.72. The molecule has 2 aromatic rings. The van der Waals surface area contributed by atoms with E-state index >= 15 is 0 Å². The first kappa shape index (κ1) is 22.8. The molecule has 4 rings (SSSR count). The van der Waals surface area contributed by atoms with Crippen molar-refractivity contribution in [3.8, 4) is 5.75 Å². The maximum Gasteiger partial charge on any atom is 0.416 e. The summed E-state index contributed by atoms with van der Waals surface area (Å²) in [7, 11) is 0. The van der Waals surface area contributed by atoms with Crippen molar-refractivity contribution in [2.24, 2.45) is 0 Å². The number of hydrogen-bond donors (Lipinski definition) is 2. The predicted octanol–water partition coefficient (Wildman–Crippen LogP) is 4.17. The van der Waals surface area contributed by atoms with Crippen molar-refractivity contribution >= 4 is 28.8 Å². The van der Waals surface area contributed by atoms with E-state index in [9.17, 15) is 27.9 Å². The molecule has 0 unspecified atom stereocenters. The molecule has 2 heterocycles. The summed E-state index contributed by atoms with van der Waals surface area (Å²) in [6.45, 7) is 0.254. The van der Waals surface area contributed by atoms with Gasteiger partial charge in [-0.1, -0.05) is 12.1 Å². The van der Waals surface area contributed by atoms with Crippen LogP contribution in [-0.4, -0.2) is 36.7 Å². The summed E-state index contributed by atoms with van der Waals surface area (Å²) in [6.07, 6.45) is -1.32. The number of aliphatic hydroxyl groups is 1. The number of halogens is 3. The third-order valence-corrected chi connectivity index (χ3v) is 5.72. The van der Waals surface area contributed by atoms with Crippen LogP contribution in [0.4, 0.5) is 24.5 Å². The number of β-amino-alcohol motifs (C(OH)–C–C–N with tert-alkyl or cyclic N) is 1. The zero-order valence-electron chi connectivity index (χ0n) is 17.7. The van der Waals surface area contributed by atoms with Gasteiger partial charge in [0.1, 0.15) is 5.75 Å². The van der Waals surface area contributed by atoms with Crippen LogP contribution in [0.25, 0.3) is 5.57 Å². The second-order valence-corrected chi connectivity index (χ2v) is 7.89. The van der Waals surface area contributed by atoms with Gasteiger partial charge >= 0.3 is 6.18 Å². The molecule has 0 saturated heterocycles. The van der Waals surface area contributed by atoms with E-state index in [0.29, 0.717) is 41.8 Å². The van der Waals surface area contributed by atoms with E-state index in [0.717, 1.165) is 17.7 Å². The number of anilines is 2. The van der Waals surface area contributed by atoms with E-state index in [1.54, 1.807) is 18.2 Å². The Hall–Kier alpha value is -3.33. The lowest BCUT2D eigenvalue weighted by molar-refractivity contribution is -0.137. The summed E-state index contributed by atoms with van der Waals surface area (Å²) in [5, 5.41) is 12.1. The zero-order valence-corrected chi connectivity index (χ0v) is 17.7. The fourth-order valence-corrected chi connectivity index (χ4v) is 4.19. The molecular weight excluding hydrogens is 437 g/mol. The van der Waals surface area contributed by atoms with Crippen LogP contribution in [-0.2, 0) is 22.2 Å². The van der Waals surface area contributed by atoms with Gasteiger partial charge in [0, 0.05) is 36.0 Å². The van der Waals surface area contributed by atoms with Crippen molar-refractivity contribution in [1.82, 2.24) is 0 Å². The van der Waals surface area contributed by atoms with Gasteiger partial charge in [-0.2, -0.15) is 13.2 Å². The number of rotatable bonds is 4. The highest BCUT2D eigenvalue weighted by atomic mass is 19.4. The van der Waals surface area contributed by atoms with Gasteiger partial charge in [-0.3, -0.25) is 9.59 Å². The molecule has 6 nitrogen and oxygen atoms in total. The Kier molecular flexibility index (Phi) is 6.42. The first-order chi connectivity index (χ1) is 15.8. The molecule has 0 fully saturated rings. The quantitative estimate of drug-likeness (QED) is 0.672. The van der Waals surface area contributed by atoms with Crippen LogP contribution >= 0.6 is 0 Å². The number of aliphatic hydroxyl groups excluding tert-OH is 1. The summed E-state index contributed by atoms with van der Waals surface area (Å²) in [6, 6.07) is 8.52. The largest absolute Gasteiger partial charge is 0.493 e. The van der Waals surface area contributed by atoms with Gasteiger partial charge in [0.2, 0.25) is 11.8 Å². The van der Waals surface area contributed by atoms with Crippen LogP contribution in [0.2, 0.25) is 0 Å². The molecule has 2 amide bonds. The molecule has 2 aliphatic heterocycles. The SMILES string of the molecule is O=C(/C=C1\CCCOc2cc(C(F)(F)F)ccc21)Nc1cccc2c1CCC(=O)N2CCO. The van der Waals surface area contributed by atoms with Gasteiger partial charge in [0.05, 0.1) is 18.8 Å². The van der Waals surface area contributed by atoms with Gasteiger partial charge in [0.25, 0.3) is 0 Å². The average molecular weight is 460 g/mol. The molecule has 0 aliphatic carbocycles. The van der Waals surface area contributed by atoms with E-state index in [1.165, 1.54) is 17.0 Å². The number of hydrogen-bond acceptors (Lipinski definition) is 4. The van der Waals surface area contributed by atoms with Gasteiger partial charge in [-0.05, 0) is 54.7 Å². The molecule has 0 radical (unpaired) electrons. The highest BCUT2D eigenvalue weighted by Gasteiger charge is 2.32. The summed E-state index contributed by atoms with van der Waals surface area (Å²) in [5.74, 6) is -0.399. The van der Waals surface area contributed by atoms with Crippen molar-refractivity contribution in [2.45, 2.75) is 31.9 Å². The van der Waals surface area contributed by atoms with Crippen LogP contribution in [0.5, 0.6) is 5.75 Å². The maximum atomic E-state index is 13.1. The highest BCUT2D eigenvalue weighted by Crippen LogP contribution is 2.38. The van der Waals surface area contributed by atoms with Crippen LogP contribution in [0, 0.1) is 0 Å². The summed E-state index contributed by atoms with van der Waals surface area (Å²) in [4.78, 5) is 26.6. The number of allylic oxidation sites excluding steroid dienone is 1. The Morgan fingerprint density at radius 3 is 2.76 bits per heavy atom. The number of fused-ring (bicyclic) bond motifs is 2. The first-order valence-corrected chi connectivity index (χ1v) is 10.7. The minimum absolute atomic E-state index is 0.0876. The van der Waals surface area contributed by atoms with Gasteiger partial charge in [0.15, 0.2) is 0 Å². The Morgan fingerprint density at radius 2 is 2.00 bits per heavy atom. The first-order valence-electron chi connectivity index (χ1n) is 10.7. The van der Waals surface area contributed by atoms with Gasteiger partial charge in [-0.15, -0.1) is 0 Å². The Balaban J connectivity index is 1.61. The van der Waals surface area contributed by atoms with Crippen LogP contribution in [0.1, 0.15) is 36.0 Å². The molecule has 33 heavy (non-hydrogen) atoms. The van der Waals surface area contributed by atoms with Crippen molar-refractivity contribution in [3.63, 3.8) is 0 Å². The monoisotopic (exact) mass is 460 g/mol. The van der Waals surface area contributed by atoms with E-state index < -0.39 is 17.6 Å². The molecule has 0 bridgehead atoms. The highest BCUT2D eigenvalue weighted by molar-refractivity contribution is 6.06. The number of nitrogens with one attached hydrogen (secondary N) is 1. The summed E-state index contributed by atoms with van der Waals surface area (Å²) in [5.41, 5.74) is 2.27. The molecule has 0 aromatic heterocycles. The van der Waals surface area contributed by atoms with Crippen molar-refractivity contribution in [2.75, 3.05) is 30.0 Å². The second kappa shape index (κ2) is 9.27. The second-order valence-electron chi connectivity index (χ2n) is 7.89. The van der Waals surface area contributed by atoms with Crippen molar-refractivity contribution in [1.29, 1.82) is 0 Å². The van der Waals surface area contributed by atoms with Crippen molar-refractivity contribution in [3.05, 3.63) is 59.2 Å². The normalized spacial score (nSPS) is 17.2. The fraction of sp³-hybridized carbons (Fsp3) is 0.333. The number of alkyl halides is 3. The van der Waals surface area contributed by atoms with E-state index in [1.807, 2.05) is 0 Å². The van der Waals surface area contributed by atoms with E-state index in [4.69, 9.17) is 4.74 Å². The molecule has 0 atom stereocenters. The predicted molar refractivity (Wildman–Crippen MR) is 117 cm³/mol. The molecule has 9 heteroatoms. The van der Waals surface area contributed by atoms with Crippen LogP contribution in [0.15, 0.2) is 42.5 Å². The fourth-order valence-electron chi connectivity index (χ4n) is 4.19. The summed E-state index contributed by atoms with van der Waals surface area (Å²) >= 11 is 0. The maximum absolute atomic E-state index is 13.1. The zero-order chi connectivity index (χ0) is 23.6. The molecular formula is C24H23F3N2O4. The number of benzene rings is 2. The van der Waals surface area contributed by atoms with E-state index in [-0.39, 0.29) is 37.8 Å². The van der Waals surface area contributed by atoms with Gasteiger partial charge < -0.3 is 20.1 Å². The standard InChI is InChI=1S/C24H23F3N2O4/c25-24(26,27)16-6-7-17-15(3-2-12-33-21(17)14-16)13-22(31)28-19-4-1-5-20-18(19)8-9-23(32)29(20)10-11-30/h1,4-7,13-14,30H,2-3,8-12H2,(H,28,31)/b15-13+. The summed E-state index contributed by atoms with van der Waals surface area (Å²) < 4.78 is 44.7. The minimum Gasteiger partial charge on any atom is -0.493 e. The lowest BCUT2D eigenvalue weighted by Gasteiger charge is -2.30. The number of amides is 2. The number of carbonyl (C=O) groups excluding carboxylic acids is 2. The van der Waals surface area contributed by atoms with E-state index in [2.05, 4.69) is 5.32 Å². The molecule has 0 saturated carbocycles. The smallest absolute Gasteiger partial charge is 0.416 e. The lowest BCUT2D eigenvalue weighted by Crippen LogP contribution is -2.37. The molecule has 2 N–H and O–H groups in total. The van der Waals surface area contributed by atoms with Crippen LogP contribution < -0.4 is 15.0 Å². The average Bonchev–Trinajstić information content (AvgIpc) is 2.97. The van der Waals surface area contributed by atoms with Gasteiger partial charge in [-0.25, -0.2) is 0 Å². The number of carbonyl (C=O) groups is 2. The van der Waals surface area contributed by atoms with Crippen LogP contribution in [0.3, 0.4) is 0 Å². The minimum atomic E-state index is -4.48. The Bertz CT molecular complexity index is 1110. The molecule has 2 aromatic carbocycles. The number of ether oxygens (including phenoxy) is 1.